The maximum Gasteiger partial charge on any atom is 0.0703 e. The first kappa shape index (κ1) is 17.9. The van der Waals surface area contributed by atoms with Crippen LogP contribution >= 0.6 is 0 Å². The van der Waals surface area contributed by atoms with E-state index in [1.54, 1.807) is 0 Å². The third-order valence-corrected chi connectivity index (χ3v) is 5.02. The monoisotopic (exact) mass is 362 g/mol. The molecule has 3 aromatic rings. The first-order valence-electron chi connectivity index (χ1n) is 9.60. The Balaban J connectivity index is 1.59. The van der Waals surface area contributed by atoms with Crippen molar-refractivity contribution in [2.24, 2.45) is 0 Å². The van der Waals surface area contributed by atoms with E-state index in [0.717, 1.165) is 44.8 Å². The predicted octanol–water partition coefficient (Wildman–Crippen LogP) is 3.76. The molecule has 1 aliphatic heterocycles. The van der Waals surface area contributed by atoms with Crippen LogP contribution in [0.1, 0.15) is 29.5 Å². The summed E-state index contributed by atoms with van der Waals surface area (Å²) in [5.74, 6) is 0. The second-order valence-corrected chi connectivity index (χ2v) is 7.24. The second-order valence-electron chi connectivity index (χ2n) is 7.24. The fourth-order valence-electron chi connectivity index (χ4n) is 3.72. The van der Waals surface area contributed by atoms with Crippen LogP contribution in [0, 0.1) is 6.92 Å². The first-order chi connectivity index (χ1) is 13.3. The highest BCUT2D eigenvalue weighted by atomic mass is 16.5. The van der Waals surface area contributed by atoms with Crippen LogP contribution in [0.2, 0.25) is 0 Å². The number of hydrogen-bond donors (Lipinski definition) is 0. The van der Waals surface area contributed by atoms with E-state index < -0.39 is 0 Å². The van der Waals surface area contributed by atoms with Crippen molar-refractivity contribution in [2.75, 3.05) is 13.2 Å². The zero-order chi connectivity index (χ0) is 18.5. The summed E-state index contributed by atoms with van der Waals surface area (Å²) >= 11 is 0. The number of pyridine rings is 1. The van der Waals surface area contributed by atoms with Crippen LogP contribution < -0.4 is 0 Å². The van der Waals surface area contributed by atoms with Gasteiger partial charge in [0.2, 0.25) is 0 Å². The average molecular weight is 362 g/mol. The zero-order valence-electron chi connectivity index (χ0n) is 15.8. The molecule has 0 aliphatic carbocycles. The molecular formula is C22H26N4O. The molecule has 5 nitrogen and oxygen atoms in total. The van der Waals surface area contributed by atoms with E-state index >= 15 is 0 Å². The van der Waals surface area contributed by atoms with Crippen molar-refractivity contribution in [1.82, 2.24) is 19.7 Å². The van der Waals surface area contributed by atoms with Gasteiger partial charge >= 0.3 is 0 Å². The molecule has 0 saturated carbocycles. The Morgan fingerprint density at radius 2 is 2.04 bits per heavy atom. The van der Waals surface area contributed by atoms with Crippen LogP contribution in [0.25, 0.3) is 5.69 Å². The van der Waals surface area contributed by atoms with Crippen LogP contribution in [-0.4, -0.2) is 38.9 Å². The van der Waals surface area contributed by atoms with Gasteiger partial charge in [0.15, 0.2) is 0 Å². The van der Waals surface area contributed by atoms with Crippen molar-refractivity contribution in [2.45, 2.75) is 39.0 Å². The van der Waals surface area contributed by atoms with Crippen LogP contribution in [0.5, 0.6) is 0 Å². The van der Waals surface area contributed by atoms with Gasteiger partial charge in [0.1, 0.15) is 0 Å². The Morgan fingerprint density at radius 1 is 1.15 bits per heavy atom. The predicted molar refractivity (Wildman–Crippen MR) is 106 cm³/mol. The molecule has 4 rings (SSSR count). The zero-order valence-corrected chi connectivity index (χ0v) is 15.8. The van der Waals surface area contributed by atoms with Gasteiger partial charge in [0, 0.05) is 51.0 Å². The summed E-state index contributed by atoms with van der Waals surface area (Å²) in [4.78, 5) is 6.62. The third-order valence-electron chi connectivity index (χ3n) is 5.02. The van der Waals surface area contributed by atoms with E-state index in [4.69, 9.17) is 4.74 Å². The molecule has 1 aliphatic rings. The number of nitrogens with zero attached hydrogens (tertiary/aromatic N) is 4. The van der Waals surface area contributed by atoms with Gasteiger partial charge in [-0.15, -0.1) is 0 Å². The molecule has 1 saturated heterocycles. The minimum atomic E-state index is 0.324. The Hall–Kier alpha value is -2.50. The minimum absolute atomic E-state index is 0.324. The molecule has 27 heavy (non-hydrogen) atoms. The lowest BCUT2D eigenvalue weighted by Crippen LogP contribution is -2.32. The lowest BCUT2D eigenvalue weighted by molar-refractivity contribution is 0.0679. The van der Waals surface area contributed by atoms with Crippen molar-refractivity contribution in [3.63, 3.8) is 0 Å². The summed E-state index contributed by atoms with van der Waals surface area (Å²) in [7, 11) is 0. The van der Waals surface area contributed by atoms with E-state index in [0.29, 0.717) is 6.10 Å². The maximum absolute atomic E-state index is 5.91. The van der Waals surface area contributed by atoms with E-state index in [9.17, 15) is 0 Å². The van der Waals surface area contributed by atoms with Crippen molar-refractivity contribution in [1.29, 1.82) is 0 Å². The van der Waals surface area contributed by atoms with Crippen LogP contribution in [0.15, 0.2) is 61.2 Å². The average Bonchev–Trinajstić information content (AvgIpc) is 3.37. The maximum atomic E-state index is 5.91. The molecule has 1 fully saturated rings. The van der Waals surface area contributed by atoms with Crippen molar-refractivity contribution in [3.05, 3.63) is 77.9 Å². The van der Waals surface area contributed by atoms with Crippen LogP contribution in [0.4, 0.5) is 0 Å². The van der Waals surface area contributed by atoms with Crippen molar-refractivity contribution < 1.29 is 4.74 Å². The molecule has 0 radical (unpaired) electrons. The van der Waals surface area contributed by atoms with Crippen LogP contribution in [0.3, 0.4) is 0 Å². The van der Waals surface area contributed by atoms with Gasteiger partial charge in [0.25, 0.3) is 0 Å². The van der Waals surface area contributed by atoms with Crippen LogP contribution in [-0.2, 0) is 17.8 Å². The van der Waals surface area contributed by atoms with E-state index in [2.05, 4.69) is 52.2 Å². The third kappa shape index (κ3) is 4.62. The van der Waals surface area contributed by atoms with Gasteiger partial charge in [-0.1, -0.05) is 17.7 Å². The summed E-state index contributed by atoms with van der Waals surface area (Å²) in [6.07, 6.45) is 10.2. The Bertz CT molecular complexity index is 842. The Labute approximate surface area is 160 Å². The standard InChI is InChI=1S/C22H26N4O/c1-18-5-6-22(26-12-3-9-24-26)20(14-18)16-25(17-21-4-2-13-27-21)15-19-7-10-23-11-8-19/h3,5-12,14,21H,2,4,13,15-17H2,1H3. The van der Waals surface area contributed by atoms with Crippen molar-refractivity contribution >= 4 is 0 Å². The summed E-state index contributed by atoms with van der Waals surface area (Å²) in [6.45, 7) is 5.71. The number of aryl methyl sites for hydroxylation is 1. The van der Waals surface area contributed by atoms with E-state index in [-0.39, 0.29) is 0 Å². The summed E-state index contributed by atoms with van der Waals surface area (Å²) in [5, 5.41) is 4.44. The number of hydrogen-bond acceptors (Lipinski definition) is 4. The first-order valence-corrected chi connectivity index (χ1v) is 9.60. The molecule has 3 heterocycles. The quantitative estimate of drug-likeness (QED) is 0.642. The molecule has 0 bridgehead atoms. The fourth-order valence-corrected chi connectivity index (χ4v) is 3.72. The number of benzene rings is 1. The SMILES string of the molecule is Cc1ccc(-n2cccn2)c(CN(Cc2ccncc2)CC2CCCO2)c1. The Kier molecular flexibility index (Phi) is 5.61. The minimum Gasteiger partial charge on any atom is -0.377 e. The molecular weight excluding hydrogens is 336 g/mol. The fraction of sp³-hybridized carbons (Fsp3) is 0.364. The molecule has 1 aromatic carbocycles. The van der Waals surface area contributed by atoms with Gasteiger partial charge in [-0.3, -0.25) is 9.88 Å². The molecule has 0 N–H and O–H groups in total. The molecule has 2 aromatic heterocycles. The smallest absolute Gasteiger partial charge is 0.0703 e. The lowest BCUT2D eigenvalue weighted by Gasteiger charge is -2.26. The van der Waals surface area contributed by atoms with Gasteiger partial charge in [-0.2, -0.15) is 5.10 Å². The normalized spacial score (nSPS) is 16.9. The molecule has 1 unspecified atom stereocenters. The number of ether oxygens (including phenoxy) is 1. The van der Waals surface area contributed by atoms with Gasteiger partial charge < -0.3 is 4.74 Å². The van der Waals surface area contributed by atoms with Gasteiger partial charge in [-0.25, -0.2) is 4.68 Å². The van der Waals surface area contributed by atoms with Gasteiger partial charge in [-0.05, 0) is 55.2 Å². The molecule has 0 amide bonds. The number of rotatable bonds is 7. The summed E-state index contributed by atoms with van der Waals surface area (Å²) < 4.78 is 7.86. The van der Waals surface area contributed by atoms with E-state index in [1.807, 2.05) is 35.5 Å². The molecule has 0 spiro atoms. The largest absolute Gasteiger partial charge is 0.377 e. The topological polar surface area (TPSA) is 43.2 Å². The Morgan fingerprint density at radius 3 is 2.78 bits per heavy atom. The summed E-state index contributed by atoms with van der Waals surface area (Å²) in [5.41, 5.74) is 4.96. The second kappa shape index (κ2) is 8.46. The highest BCUT2D eigenvalue weighted by Crippen LogP contribution is 2.21. The lowest BCUT2D eigenvalue weighted by atomic mass is 10.1. The number of aromatic nitrogens is 3. The van der Waals surface area contributed by atoms with E-state index in [1.165, 1.54) is 16.7 Å². The molecule has 140 valence electrons. The highest BCUT2D eigenvalue weighted by Gasteiger charge is 2.20. The van der Waals surface area contributed by atoms with Gasteiger partial charge in [0.05, 0.1) is 11.8 Å². The van der Waals surface area contributed by atoms with Crippen molar-refractivity contribution in [3.8, 4) is 5.69 Å². The summed E-state index contributed by atoms with van der Waals surface area (Å²) in [6, 6.07) is 12.7. The molecule has 1 atom stereocenters. The highest BCUT2D eigenvalue weighted by molar-refractivity contribution is 5.42. The molecule has 5 heteroatoms.